The number of thiophene rings is 1. The van der Waals surface area contributed by atoms with Crippen LogP contribution in [-0.2, 0) is 9.84 Å². The van der Waals surface area contributed by atoms with Crippen molar-refractivity contribution in [2.45, 2.75) is 13.0 Å². The van der Waals surface area contributed by atoms with Crippen molar-refractivity contribution in [2.24, 2.45) is 0 Å². The van der Waals surface area contributed by atoms with Crippen molar-refractivity contribution in [2.75, 3.05) is 19.1 Å². The standard InChI is InChI=1S/C9H14ClNO2S2/c1-6-4-8(14-9(6)10)7(11-2)5-15(3,12)13/h4,7,11H,5H2,1-3H3. The van der Waals surface area contributed by atoms with Gasteiger partial charge in [-0.25, -0.2) is 8.42 Å². The number of sulfone groups is 1. The van der Waals surface area contributed by atoms with Crippen LogP contribution >= 0.6 is 22.9 Å². The Hall–Kier alpha value is -0.100. The highest BCUT2D eigenvalue weighted by Gasteiger charge is 2.18. The van der Waals surface area contributed by atoms with Gasteiger partial charge in [-0.15, -0.1) is 11.3 Å². The SMILES string of the molecule is CNC(CS(C)(=O)=O)c1cc(C)c(Cl)s1. The molecule has 15 heavy (non-hydrogen) atoms. The molecule has 0 aliphatic heterocycles. The molecule has 0 radical (unpaired) electrons. The monoisotopic (exact) mass is 267 g/mol. The molecule has 1 rings (SSSR count). The van der Waals surface area contributed by atoms with E-state index in [0.29, 0.717) is 0 Å². The van der Waals surface area contributed by atoms with Crippen molar-refractivity contribution in [3.05, 3.63) is 20.8 Å². The van der Waals surface area contributed by atoms with Crippen molar-refractivity contribution in [3.8, 4) is 0 Å². The van der Waals surface area contributed by atoms with Crippen molar-refractivity contribution in [1.29, 1.82) is 0 Å². The first-order chi connectivity index (χ1) is 6.83. The van der Waals surface area contributed by atoms with Gasteiger partial charge in [-0.1, -0.05) is 11.6 Å². The minimum Gasteiger partial charge on any atom is -0.311 e. The van der Waals surface area contributed by atoms with Crippen LogP contribution in [0.15, 0.2) is 6.07 Å². The molecular weight excluding hydrogens is 254 g/mol. The molecule has 6 heteroatoms. The lowest BCUT2D eigenvalue weighted by Crippen LogP contribution is -2.23. The lowest BCUT2D eigenvalue weighted by molar-refractivity contribution is 0.582. The van der Waals surface area contributed by atoms with E-state index in [-0.39, 0.29) is 11.8 Å². The summed E-state index contributed by atoms with van der Waals surface area (Å²) in [5.41, 5.74) is 0.991. The molecule has 1 N–H and O–H groups in total. The molecule has 0 saturated carbocycles. The van der Waals surface area contributed by atoms with Gasteiger partial charge >= 0.3 is 0 Å². The molecule has 0 fully saturated rings. The summed E-state index contributed by atoms with van der Waals surface area (Å²) in [7, 11) is -1.24. The predicted molar refractivity (Wildman–Crippen MR) is 65.6 cm³/mol. The zero-order chi connectivity index (χ0) is 11.6. The zero-order valence-electron chi connectivity index (χ0n) is 8.87. The summed E-state index contributed by atoms with van der Waals surface area (Å²) in [5, 5.41) is 2.99. The minimum atomic E-state index is -2.99. The molecule has 0 aromatic carbocycles. The molecule has 86 valence electrons. The predicted octanol–water partition coefficient (Wildman–Crippen LogP) is 2.02. The Kier molecular flexibility index (Phi) is 4.17. The Morgan fingerprint density at radius 1 is 1.60 bits per heavy atom. The van der Waals surface area contributed by atoms with E-state index in [1.165, 1.54) is 17.6 Å². The first-order valence-electron chi connectivity index (χ1n) is 4.44. The molecule has 0 aliphatic rings. The average Bonchev–Trinajstić information content (AvgIpc) is 2.41. The highest BCUT2D eigenvalue weighted by molar-refractivity contribution is 7.90. The number of rotatable bonds is 4. The topological polar surface area (TPSA) is 46.2 Å². The van der Waals surface area contributed by atoms with Gasteiger partial charge in [0.2, 0.25) is 0 Å². The first kappa shape index (κ1) is 13.0. The van der Waals surface area contributed by atoms with E-state index in [9.17, 15) is 8.42 Å². The number of hydrogen-bond donors (Lipinski definition) is 1. The van der Waals surface area contributed by atoms with Gasteiger partial charge in [0.05, 0.1) is 16.1 Å². The average molecular weight is 268 g/mol. The number of halogens is 1. The molecule has 0 amide bonds. The molecule has 1 heterocycles. The molecule has 0 spiro atoms. The van der Waals surface area contributed by atoms with Crippen molar-refractivity contribution >= 4 is 32.8 Å². The van der Waals surface area contributed by atoms with E-state index >= 15 is 0 Å². The fourth-order valence-electron chi connectivity index (χ4n) is 1.27. The van der Waals surface area contributed by atoms with Crippen LogP contribution in [0.5, 0.6) is 0 Å². The Labute approximate surface area is 99.4 Å². The molecule has 0 aliphatic carbocycles. The maximum absolute atomic E-state index is 11.2. The number of nitrogens with one attached hydrogen (secondary N) is 1. The lowest BCUT2D eigenvalue weighted by Gasteiger charge is -2.12. The van der Waals surface area contributed by atoms with Gasteiger partial charge < -0.3 is 5.32 Å². The van der Waals surface area contributed by atoms with Gasteiger partial charge in [-0.05, 0) is 25.6 Å². The molecule has 3 nitrogen and oxygen atoms in total. The van der Waals surface area contributed by atoms with Crippen molar-refractivity contribution in [3.63, 3.8) is 0 Å². The van der Waals surface area contributed by atoms with E-state index in [2.05, 4.69) is 5.32 Å². The second-order valence-electron chi connectivity index (χ2n) is 3.54. The summed E-state index contributed by atoms with van der Waals surface area (Å²) in [6.45, 7) is 1.91. The van der Waals surface area contributed by atoms with E-state index in [0.717, 1.165) is 14.8 Å². The maximum atomic E-state index is 11.2. The highest BCUT2D eigenvalue weighted by Crippen LogP contribution is 2.31. The molecule has 0 saturated heterocycles. The largest absolute Gasteiger partial charge is 0.311 e. The Balaban J connectivity index is 2.93. The smallest absolute Gasteiger partial charge is 0.149 e. The van der Waals surface area contributed by atoms with Crippen LogP contribution in [0.1, 0.15) is 16.5 Å². The third kappa shape index (κ3) is 3.75. The summed E-state index contributed by atoms with van der Waals surface area (Å²) >= 11 is 7.37. The molecule has 1 unspecified atom stereocenters. The second-order valence-corrected chi connectivity index (χ2v) is 7.41. The third-order valence-electron chi connectivity index (χ3n) is 2.04. The van der Waals surface area contributed by atoms with Crippen molar-refractivity contribution in [1.82, 2.24) is 5.32 Å². The second kappa shape index (κ2) is 4.82. The van der Waals surface area contributed by atoms with E-state index < -0.39 is 9.84 Å². The van der Waals surface area contributed by atoms with E-state index in [1.54, 1.807) is 7.05 Å². The van der Waals surface area contributed by atoms with Crippen molar-refractivity contribution < 1.29 is 8.42 Å². The van der Waals surface area contributed by atoms with Crippen LogP contribution in [0.2, 0.25) is 4.34 Å². The van der Waals surface area contributed by atoms with Crippen LogP contribution in [0, 0.1) is 6.92 Å². The first-order valence-corrected chi connectivity index (χ1v) is 7.70. The summed E-state index contributed by atoms with van der Waals surface area (Å²) in [6.07, 6.45) is 1.24. The summed E-state index contributed by atoms with van der Waals surface area (Å²) in [4.78, 5) is 0.963. The van der Waals surface area contributed by atoms with Gasteiger partial charge in [0, 0.05) is 11.1 Å². The molecule has 1 aromatic heterocycles. The summed E-state index contributed by atoms with van der Waals surface area (Å²) < 4.78 is 23.1. The normalized spacial score (nSPS) is 14.1. The minimum absolute atomic E-state index is 0.0970. The quantitative estimate of drug-likeness (QED) is 0.908. The Morgan fingerprint density at radius 3 is 2.53 bits per heavy atom. The lowest BCUT2D eigenvalue weighted by atomic mass is 10.2. The van der Waals surface area contributed by atoms with Crippen LogP contribution in [0.4, 0.5) is 0 Å². The Bertz CT molecular complexity index is 419. The van der Waals surface area contributed by atoms with Gasteiger partial charge in [-0.3, -0.25) is 0 Å². The maximum Gasteiger partial charge on any atom is 0.149 e. The number of aryl methyl sites for hydroxylation is 1. The summed E-state index contributed by atoms with van der Waals surface area (Å²) in [5.74, 6) is 0.0970. The molecule has 1 aromatic rings. The number of hydrogen-bond acceptors (Lipinski definition) is 4. The van der Waals surface area contributed by atoms with Crippen LogP contribution in [0.25, 0.3) is 0 Å². The van der Waals surface area contributed by atoms with Gasteiger partial charge in [0.15, 0.2) is 0 Å². The van der Waals surface area contributed by atoms with Crippen LogP contribution < -0.4 is 5.32 Å². The van der Waals surface area contributed by atoms with Gasteiger partial charge in [0.1, 0.15) is 9.84 Å². The highest BCUT2D eigenvalue weighted by atomic mass is 35.5. The van der Waals surface area contributed by atoms with Crippen LogP contribution in [-0.4, -0.2) is 27.5 Å². The third-order valence-corrected chi connectivity index (χ3v) is 4.65. The van der Waals surface area contributed by atoms with Crippen LogP contribution in [0.3, 0.4) is 0 Å². The molecular formula is C9H14ClNO2S2. The summed E-state index contributed by atoms with van der Waals surface area (Å²) in [6, 6.07) is 1.76. The Morgan fingerprint density at radius 2 is 2.20 bits per heavy atom. The zero-order valence-corrected chi connectivity index (χ0v) is 11.3. The van der Waals surface area contributed by atoms with E-state index in [1.807, 2.05) is 13.0 Å². The van der Waals surface area contributed by atoms with E-state index in [4.69, 9.17) is 11.6 Å². The van der Waals surface area contributed by atoms with Gasteiger partial charge in [-0.2, -0.15) is 0 Å². The fraction of sp³-hybridized carbons (Fsp3) is 0.556. The molecule has 0 bridgehead atoms. The molecule has 1 atom stereocenters. The fourth-order valence-corrected chi connectivity index (χ4v) is 3.65. The van der Waals surface area contributed by atoms with Gasteiger partial charge in [0.25, 0.3) is 0 Å².